The number of rotatable bonds is 3. The van der Waals surface area contributed by atoms with Crippen LogP contribution in [0.25, 0.3) is 0 Å². The highest BCUT2D eigenvalue weighted by molar-refractivity contribution is 5.36. The molecule has 0 spiro atoms. The molecule has 0 bridgehead atoms. The minimum atomic E-state index is -1.32. The van der Waals surface area contributed by atoms with Gasteiger partial charge in [0, 0.05) is 12.7 Å². The van der Waals surface area contributed by atoms with Crippen LogP contribution in [-0.2, 0) is 10.3 Å². The predicted molar refractivity (Wildman–Crippen MR) is 61.9 cm³/mol. The molecule has 0 fully saturated rings. The van der Waals surface area contributed by atoms with Gasteiger partial charge in [-0.05, 0) is 44.9 Å². The lowest BCUT2D eigenvalue weighted by molar-refractivity contribution is -0.0794. The van der Waals surface area contributed by atoms with Gasteiger partial charge in [0.25, 0.3) is 0 Å². The fourth-order valence-electron chi connectivity index (χ4n) is 1.99. The van der Waals surface area contributed by atoms with Crippen molar-refractivity contribution >= 4 is 0 Å². The van der Waals surface area contributed by atoms with Crippen molar-refractivity contribution in [2.75, 3.05) is 7.11 Å². The second-order valence-electron chi connectivity index (χ2n) is 4.46. The van der Waals surface area contributed by atoms with Gasteiger partial charge in [-0.3, -0.25) is 0 Å². The third kappa shape index (κ3) is 2.25. The first-order valence-corrected chi connectivity index (χ1v) is 5.33. The van der Waals surface area contributed by atoms with Crippen molar-refractivity contribution in [1.82, 2.24) is 0 Å². The molecule has 0 radical (unpaired) electrons. The number of ether oxygens (including phenoxy) is 1. The summed E-state index contributed by atoms with van der Waals surface area (Å²) in [5, 5.41) is 10.3. The highest BCUT2D eigenvalue weighted by Gasteiger charge is 2.34. The number of aliphatic hydroxyl groups is 1. The third-order valence-corrected chi connectivity index (χ3v) is 3.08. The van der Waals surface area contributed by atoms with Gasteiger partial charge in [-0.25, -0.2) is 4.39 Å². The summed E-state index contributed by atoms with van der Waals surface area (Å²) < 4.78 is 19.0. The van der Waals surface area contributed by atoms with E-state index in [0.717, 1.165) is 11.1 Å². The maximum absolute atomic E-state index is 13.9. The first-order chi connectivity index (χ1) is 7.30. The van der Waals surface area contributed by atoms with Crippen LogP contribution in [0.5, 0.6) is 0 Å². The topological polar surface area (TPSA) is 29.5 Å². The van der Waals surface area contributed by atoms with E-state index < -0.39 is 11.7 Å². The number of methoxy groups -OCH3 is 1. The Morgan fingerprint density at radius 3 is 2.38 bits per heavy atom. The highest BCUT2D eigenvalue weighted by atomic mass is 19.1. The lowest BCUT2D eigenvalue weighted by Crippen LogP contribution is -2.37. The molecule has 1 rings (SSSR count). The van der Waals surface area contributed by atoms with E-state index in [-0.39, 0.29) is 5.82 Å². The first-order valence-electron chi connectivity index (χ1n) is 5.33. The number of aryl methyl sites for hydroxylation is 2. The van der Waals surface area contributed by atoms with E-state index >= 15 is 0 Å². The molecule has 1 aromatic rings. The Morgan fingerprint density at radius 1 is 1.38 bits per heavy atom. The molecule has 2 unspecified atom stereocenters. The van der Waals surface area contributed by atoms with E-state index in [1.807, 2.05) is 13.0 Å². The Hall–Kier alpha value is -0.930. The van der Waals surface area contributed by atoms with Gasteiger partial charge in [-0.2, -0.15) is 0 Å². The number of halogens is 1. The molecular formula is C13H19FO2. The van der Waals surface area contributed by atoms with Gasteiger partial charge in [-0.15, -0.1) is 0 Å². The van der Waals surface area contributed by atoms with Crippen LogP contribution in [0.1, 0.15) is 30.5 Å². The Kier molecular flexibility index (Phi) is 3.71. The highest BCUT2D eigenvalue weighted by Crippen LogP contribution is 2.31. The monoisotopic (exact) mass is 226 g/mol. The Balaban J connectivity index is 3.32. The van der Waals surface area contributed by atoms with E-state index in [9.17, 15) is 9.50 Å². The lowest BCUT2D eigenvalue weighted by Gasteiger charge is -2.31. The van der Waals surface area contributed by atoms with E-state index in [4.69, 9.17) is 4.74 Å². The quantitative estimate of drug-likeness (QED) is 0.858. The molecule has 3 heteroatoms. The first kappa shape index (κ1) is 13.1. The molecular weight excluding hydrogens is 207 g/mol. The van der Waals surface area contributed by atoms with Gasteiger partial charge in [0.15, 0.2) is 0 Å². The van der Waals surface area contributed by atoms with Crippen molar-refractivity contribution in [3.8, 4) is 0 Å². The summed E-state index contributed by atoms with van der Waals surface area (Å²) in [7, 11) is 1.50. The van der Waals surface area contributed by atoms with Gasteiger partial charge in [0.1, 0.15) is 11.4 Å². The van der Waals surface area contributed by atoms with Gasteiger partial charge >= 0.3 is 0 Å². The summed E-state index contributed by atoms with van der Waals surface area (Å²) in [4.78, 5) is 0. The molecule has 1 N–H and O–H groups in total. The van der Waals surface area contributed by atoms with Crippen LogP contribution < -0.4 is 0 Å². The Bertz CT molecular complexity index is 363. The maximum Gasteiger partial charge on any atom is 0.129 e. The average molecular weight is 226 g/mol. The minimum Gasteiger partial charge on any atom is -0.383 e. The number of benzene rings is 1. The van der Waals surface area contributed by atoms with Crippen molar-refractivity contribution in [2.24, 2.45) is 0 Å². The molecule has 16 heavy (non-hydrogen) atoms. The van der Waals surface area contributed by atoms with Gasteiger partial charge in [0.05, 0.1) is 6.10 Å². The fourth-order valence-corrected chi connectivity index (χ4v) is 1.99. The third-order valence-electron chi connectivity index (χ3n) is 3.08. The second-order valence-corrected chi connectivity index (χ2v) is 4.46. The van der Waals surface area contributed by atoms with Crippen LogP contribution in [-0.4, -0.2) is 18.3 Å². The van der Waals surface area contributed by atoms with Crippen molar-refractivity contribution in [1.29, 1.82) is 0 Å². The summed E-state index contributed by atoms with van der Waals surface area (Å²) in [6.07, 6.45) is -0.469. The number of hydrogen-bond acceptors (Lipinski definition) is 2. The Labute approximate surface area is 96.1 Å². The lowest BCUT2D eigenvalue weighted by atomic mass is 9.86. The van der Waals surface area contributed by atoms with Gasteiger partial charge in [-0.1, -0.05) is 6.07 Å². The molecule has 0 amide bonds. The molecule has 1 aromatic carbocycles. The van der Waals surface area contributed by atoms with Gasteiger partial charge in [0.2, 0.25) is 0 Å². The second kappa shape index (κ2) is 4.52. The molecule has 0 aliphatic carbocycles. The van der Waals surface area contributed by atoms with E-state index in [2.05, 4.69) is 0 Å². The molecule has 0 aliphatic rings. The van der Waals surface area contributed by atoms with Crippen LogP contribution in [0.15, 0.2) is 12.1 Å². The van der Waals surface area contributed by atoms with Crippen molar-refractivity contribution in [3.05, 3.63) is 34.6 Å². The maximum atomic E-state index is 13.9. The SMILES string of the molecule is COC(C)C(C)(O)c1c(C)cc(C)cc1F. The summed E-state index contributed by atoms with van der Waals surface area (Å²) in [6, 6.07) is 3.29. The zero-order chi connectivity index (χ0) is 12.5. The summed E-state index contributed by atoms with van der Waals surface area (Å²) in [6.45, 7) is 6.91. The molecule has 0 heterocycles. The smallest absolute Gasteiger partial charge is 0.129 e. The van der Waals surface area contributed by atoms with Crippen molar-refractivity contribution in [2.45, 2.75) is 39.4 Å². The molecule has 0 saturated carbocycles. The van der Waals surface area contributed by atoms with E-state index in [0.29, 0.717) is 5.56 Å². The standard InChI is InChI=1S/C13H19FO2/c1-8-6-9(2)12(11(14)7-8)13(4,15)10(3)16-5/h6-7,10,15H,1-5H3. The summed E-state index contributed by atoms with van der Waals surface area (Å²) >= 11 is 0. The zero-order valence-corrected chi connectivity index (χ0v) is 10.5. The molecule has 0 aromatic heterocycles. The Morgan fingerprint density at radius 2 is 1.94 bits per heavy atom. The molecule has 0 aliphatic heterocycles. The van der Waals surface area contributed by atoms with Crippen LogP contribution in [0.4, 0.5) is 4.39 Å². The molecule has 2 atom stereocenters. The average Bonchev–Trinajstić information content (AvgIpc) is 2.14. The predicted octanol–water partition coefficient (Wildman–Crippen LogP) is 2.68. The van der Waals surface area contributed by atoms with E-state index in [1.54, 1.807) is 20.8 Å². The molecule has 0 saturated heterocycles. The largest absolute Gasteiger partial charge is 0.383 e. The summed E-state index contributed by atoms with van der Waals surface area (Å²) in [5.41, 5.74) is 0.579. The normalized spacial score (nSPS) is 16.9. The number of hydrogen-bond donors (Lipinski definition) is 1. The fraction of sp³-hybridized carbons (Fsp3) is 0.538. The van der Waals surface area contributed by atoms with Crippen molar-refractivity contribution < 1.29 is 14.2 Å². The molecule has 2 nitrogen and oxygen atoms in total. The van der Waals surface area contributed by atoms with Crippen molar-refractivity contribution in [3.63, 3.8) is 0 Å². The van der Waals surface area contributed by atoms with Crippen LogP contribution in [0, 0.1) is 19.7 Å². The van der Waals surface area contributed by atoms with E-state index in [1.165, 1.54) is 13.2 Å². The molecule has 90 valence electrons. The van der Waals surface area contributed by atoms with Crippen LogP contribution >= 0.6 is 0 Å². The van der Waals surface area contributed by atoms with Gasteiger partial charge < -0.3 is 9.84 Å². The summed E-state index contributed by atoms with van der Waals surface area (Å²) in [5.74, 6) is -0.383. The van der Waals surface area contributed by atoms with Crippen LogP contribution in [0.3, 0.4) is 0 Å². The van der Waals surface area contributed by atoms with Crippen LogP contribution in [0.2, 0.25) is 0 Å². The minimum absolute atomic E-state index is 0.312. The zero-order valence-electron chi connectivity index (χ0n) is 10.5.